The van der Waals surface area contributed by atoms with Gasteiger partial charge in [0, 0.05) is 3.57 Å². The zero-order valence-corrected chi connectivity index (χ0v) is 14.3. The molecule has 5 nitrogen and oxygen atoms in total. The minimum Gasteiger partial charge on any atom is -0.486 e. The summed E-state index contributed by atoms with van der Waals surface area (Å²) < 4.78 is 17.4. The molecule has 0 radical (unpaired) electrons. The molecule has 2 aromatic heterocycles. The normalized spacial score (nSPS) is 10.5. The highest BCUT2D eigenvalue weighted by atomic mass is 127. The third kappa shape index (κ3) is 4.38. The third-order valence-electron chi connectivity index (χ3n) is 3.08. The smallest absolute Gasteiger partial charge is 0.287 e. The largest absolute Gasteiger partial charge is 0.486 e. The van der Waals surface area contributed by atoms with E-state index in [4.69, 9.17) is 13.6 Å². The molecule has 1 N–H and O–H groups in total. The summed E-state index contributed by atoms with van der Waals surface area (Å²) >= 11 is 2.23. The Bertz CT molecular complexity index is 762. The van der Waals surface area contributed by atoms with Crippen LogP contribution in [0.25, 0.3) is 0 Å². The van der Waals surface area contributed by atoms with E-state index < -0.39 is 0 Å². The Balaban J connectivity index is 1.52. The van der Waals surface area contributed by atoms with Gasteiger partial charge in [-0.25, -0.2) is 0 Å². The highest BCUT2D eigenvalue weighted by molar-refractivity contribution is 14.1. The topological polar surface area (TPSA) is 64.6 Å². The molecule has 3 rings (SSSR count). The molecule has 118 valence electrons. The zero-order chi connectivity index (χ0) is 16.1. The van der Waals surface area contributed by atoms with Crippen LogP contribution < -0.4 is 10.1 Å². The van der Waals surface area contributed by atoms with Gasteiger partial charge in [0.2, 0.25) is 0 Å². The van der Waals surface area contributed by atoms with Crippen molar-refractivity contribution in [3.63, 3.8) is 0 Å². The summed E-state index contributed by atoms with van der Waals surface area (Å²) in [5.41, 5.74) is 0. The maximum atomic E-state index is 12.0. The molecule has 0 aliphatic carbocycles. The fourth-order valence-corrected chi connectivity index (χ4v) is 2.29. The molecule has 1 amide bonds. The van der Waals surface area contributed by atoms with Crippen molar-refractivity contribution in [1.82, 2.24) is 5.32 Å². The fraction of sp³-hybridized carbons (Fsp3) is 0.118. The van der Waals surface area contributed by atoms with Gasteiger partial charge in [-0.2, -0.15) is 0 Å². The predicted molar refractivity (Wildman–Crippen MR) is 92.1 cm³/mol. The first-order valence-corrected chi connectivity index (χ1v) is 8.06. The van der Waals surface area contributed by atoms with Gasteiger partial charge < -0.3 is 18.9 Å². The van der Waals surface area contributed by atoms with Crippen LogP contribution in [0.1, 0.15) is 22.1 Å². The van der Waals surface area contributed by atoms with Crippen molar-refractivity contribution in [3.05, 3.63) is 75.6 Å². The summed E-state index contributed by atoms with van der Waals surface area (Å²) in [5.74, 6) is 1.99. The van der Waals surface area contributed by atoms with Gasteiger partial charge in [0.25, 0.3) is 5.91 Å². The number of nitrogens with one attached hydrogen (secondary N) is 1. The van der Waals surface area contributed by atoms with E-state index in [1.165, 1.54) is 0 Å². The second kappa shape index (κ2) is 7.36. The van der Waals surface area contributed by atoms with Crippen molar-refractivity contribution in [1.29, 1.82) is 0 Å². The number of rotatable bonds is 6. The molecule has 0 aliphatic heterocycles. The van der Waals surface area contributed by atoms with Crippen molar-refractivity contribution in [2.75, 3.05) is 0 Å². The first kappa shape index (κ1) is 15.7. The molecular formula is C17H14INO4. The van der Waals surface area contributed by atoms with E-state index in [1.54, 1.807) is 30.5 Å². The van der Waals surface area contributed by atoms with Crippen molar-refractivity contribution < 1.29 is 18.4 Å². The van der Waals surface area contributed by atoms with E-state index >= 15 is 0 Å². The fourth-order valence-electron chi connectivity index (χ4n) is 1.93. The lowest BCUT2D eigenvalue weighted by atomic mass is 10.3. The van der Waals surface area contributed by atoms with Crippen molar-refractivity contribution in [3.8, 4) is 5.75 Å². The number of halogens is 1. The zero-order valence-electron chi connectivity index (χ0n) is 12.1. The maximum Gasteiger partial charge on any atom is 0.287 e. The van der Waals surface area contributed by atoms with Crippen LogP contribution in [0.3, 0.4) is 0 Å². The van der Waals surface area contributed by atoms with Crippen LogP contribution in [0, 0.1) is 3.57 Å². The number of hydrogen-bond donors (Lipinski definition) is 1. The van der Waals surface area contributed by atoms with Gasteiger partial charge in [0.1, 0.15) is 23.9 Å². The Morgan fingerprint density at radius 2 is 1.91 bits per heavy atom. The Kier molecular flexibility index (Phi) is 5.02. The average molecular weight is 423 g/mol. The molecule has 23 heavy (non-hydrogen) atoms. The Hall–Kier alpha value is -2.22. The lowest BCUT2D eigenvalue weighted by Gasteiger charge is -2.04. The standard InChI is InChI=1S/C17H14INO4/c18-12-3-5-13(6-4-12)22-11-15-7-8-16(23-15)17(20)19-10-14-2-1-9-21-14/h1-9H,10-11H2,(H,19,20). The molecular weight excluding hydrogens is 409 g/mol. The van der Waals surface area contributed by atoms with E-state index in [0.29, 0.717) is 18.1 Å². The number of benzene rings is 1. The monoisotopic (exact) mass is 423 g/mol. The van der Waals surface area contributed by atoms with Crippen LogP contribution in [-0.4, -0.2) is 5.91 Å². The minimum atomic E-state index is -0.290. The van der Waals surface area contributed by atoms with Crippen LogP contribution in [0.5, 0.6) is 5.75 Å². The van der Waals surface area contributed by atoms with Gasteiger partial charge in [0.05, 0.1) is 12.8 Å². The minimum absolute atomic E-state index is 0.248. The van der Waals surface area contributed by atoms with Gasteiger partial charge in [-0.1, -0.05) is 0 Å². The van der Waals surface area contributed by atoms with Gasteiger partial charge >= 0.3 is 0 Å². The van der Waals surface area contributed by atoms with Crippen molar-refractivity contribution >= 4 is 28.5 Å². The van der Waals surface area contributed by atoms with E-state index in [9.17, 15) is 4.79 Å². The number of amides is 1. The van der Waals surface area contributed by atoms with E-state index in [0.717, 1.165) is 9.32 Å². The molecule has 6 heteroatoms. The summed E-state index contributed by atoms with van der Waals surface area (Å²) in [4.78, 5) is 12.0. The van der Waals surface area contributed by atoms with Gasteiger partial charge in [-0.3, -0.25) is 4.79 Å². The van der Waals surface area contributed by atoms with E-state index in [1.807, 2.05) is 24.3 Å². The van der Waals surface area contributed by atoms with Crippen LogP contribution in [0.15, 0.2) is 63.6 Å². The summed E-state index contributed by atoms with van der Waals surface area (Å²) in [5, 5.41) is 2.73. The average Bonchev–Trinajstić information content (AvgIpc) is 3.24. The number of furan rings is 2. The quantitative estimate of drug-likeness (QED) is 0.610. The SMILES string of the molecule is O=C(NCc1ccco1)c1ccc(COc2ccc(I)cc2)o1. The van der Waals surface area contributed by atoms with Gasteiger partial charge in [-0.15, -0.1) is 0 Å². The molecule has 0 unspecified atom stereocenters. The summed E-state index contributed by atoms with van der Waals surface area (Å²) in [6, 6.07) is 14.6. The predicted octanol–water partition coefficient (Wildman–Crippen LogP) is 3.99. The highest BCUT2D eigenvalue weighted by Gasteiger charge is 2.11. The van der Waals surface area contributed by atoms with E-state index in [2.05, 4.69) is 27.9 Å². The molecule has 2 heterocycles. The Labute approximate surface area is 146 Å². The molecule has 0 spiro atoms. The summed E-state index contributed by atoms with van der Waals surface area (Å²) in [6.07, 6.45) is 1.56. The number of ether oxygens (including phenoxy) is 1. The van der Waals surface area contributed by atoms with Crippen LogP contribution >= 0.6 is 22.6 Å². The van der Waals surface area contributed by atoms with Crippen LogP contribution in [0.4, 0.5) is 0 Å². The molecule has 0 bridgehead atoms. The first-order valence-electron chi connectivity index (χ1n) is 6.98. The number of carbonyl (C=O) groups excluding carboxylic acids is 1. The second-order valence-corrected chi connectivity index (χ2v) is 6.02. The van der Waals surface area contributed by atoms with Gasteiger partial charge in [0.15, 0.2) is 5.76 Å². The molecule has 0 atom stereocenters. The molecule has 0 aliphatic rings. The Morgan fingerprint density at radius 1 is 1.09 bits per heavy atom. The molecule has 0 fully saturated rings. The lowest BCUT2D eigenvalue weighted by Crippen LogP contribution is -2.21. The summed E-state index contributed by atoms with van der Waals surface area (Å²) in [6.45, 7) is 0.590. The number of hydrogen-bond acceptors (Lipinski definition) is 4. The second-order valence-electron chi connectivity index (χ2n) is 4.77. The highest BCUT2D eigenvalue weighted by Crippen LogP contribution is 2.16. The lowest BCUT2D eigenvalue weighted by molar-refractivity contribution is 0.0916. The van der Waals surface area contributed by atoms with Crippen LogP contribution in [0.2, 0.25) is 0 Å². The molecule has 1 aromatic carbocycles. The molecule has 0 saturated heterocycles. The van der Waals surface area contributed by atoms with Crippen LogP contribution in [-0.2, 0) is 13.2 Å². The Morgan fingerprint density at radius 3 is 2.65 bits per heavy atom. The number of carbonyl (C=O) groups is 1. The summed E-state index contributed by atoms with van der Waals surface area (Å²) in [7, 11) is 0. The maximum absolute atomic E-state index is 12.0. The third-order valence-corrected chi connectivity index (χ3v) is 3.80. The molecule has 0 saturated carbocycles. The van der Waals surface area contributed by atoms with Crippen molar-refractivity contribution in [2.45, 2.75) is 13.2 Å². The van der Waals surface area contributed by atoms with Gasteiger partial charge in [-0.05, 0) is 71.1 Å². The van der Waals surface area contributed by atoms with E-state index in [-0.39, 0.29) is 18.3 Å². The molecule has 3 aromatic rings. The first-order chi connectivity index (χ1) is 11.2. The van der Waals surface area contributed by atoms with Crippen molar-refractivity contribution in [2.24, 2.45) is 0 Å².